The number of carbonyl (C=O) groups excluding carboxylic acids is 2. The number of hydrogen-bond acceptors (Lipinski definition) is 6. The van der Waals surface area contributed by atoms with E-state index in [1.165, 1.54) is 10.4 Å². The molecule has 5 rings (SSSR count). The van der Waals surface area contributed by atoms with Gasteiger partial charge in [0.25, 0.3) is 5.91 Å². The average molecular weight is 459 g/mol. The molecule has 3 heterocycles. The van der Waals surface area contributed by atoms with Gasteiger partial charge in [-0.25, -0.2) is 0 Å². The van der Waals surface area contributed by atoms with E-state index in [9.17, 15) is 9.59 Å². The average Bonchev–Trinajstić information content (AvgIpc) is 3.22. The number of para-hydroxylation sites is 1. The maximum atomic E-state index is 13.4. The molecule has 0 saturated carbocycles. The van der Waals surface area contributed by atoms with Crippen molar-refractivity contribution >= 4 is 29.0 Å². The molecular weight excluding hydrogens is 428 g/mol. The number of carbonyl (C=O) groups is 2. The molecule has 8 nitrogen and oxygen atoms in total. The number of nitrogens with zero attached hydrogens (tertiary/aromatic N) is 5. The number of aromatic nitrogens is 2. The van der Waals surface area contributed by atoms with Crippen molar-refractivity contribution in [3.63, 3.8) is 0 Å². The van der Waals surface area contributed by atoms with Gasteiger partial charge in [0, 0.05) is 62.6 Å². The van der Waals surface area contributed by atoms with Crippen LogP contribution in [0.15, 0.2) is 54.6 Å². The van der Waals surface area contributed by atoms with Gasteiger partial charge in [-0.2, -0.15) is 4.68 Å². The number of rotatable bonds is 5. The van der Waals surface area contributed by atoms with Crippen LogP contribution in [0.5, 0.6) is 0 Å². The van der Waals surface area contributed by atoms with Crippen LogP contribution in [0.1, 0.15) is 32.8 Å². The second-order valence-corrected chi connectivity index (χ2v) is 8.97. The summed E-state index contributed by atoms with van der Waals surface area (Å²) in [6.45, 7) is 6.79. The molecule has 3 aromatic rings. The highest BCUT2D eigenvalue weighted by atomic mass is 16.2. The number of fused-ring (bicyclic) bond motifs is 1. The van der Waals surface area contributed by atoms with E-state index in [1.807, 2.05) is 37.3 Å². The van der Waals surface area contributed by atoms with Crippen molar-refractivity contribution in [1.82, 2.24) is 14.7 Å². The highest BCUT2D eigenvalue weighted by Crippen LogP contribution is 2.28. The first-order valence-corrected chi connectivity index (χ1v) is 11.8. The van der Waals surface area contributed by atoms with Crippen LogP contribution in [0.2, 0.25) is 0 Å². The van der Waals surface area contributed by atoms with E-state index in [0.29, 0.717) is 30.8 Å². The number of anilines is 3. The summed E-state index contributed by atoms with van der Waals surface area (Å²) in [6.07, 6.45) is 0.867. The summed E-state index contributed by atoms with van der Waals surface area (Å²) in [5.74, 6) is -0.145. The van der Waals surface area contributed by atoms with E-state index in [-0.39, 0.29) is 24.1 Å². The molecule has 0 atom stereocenters. The van der Waals surface area contributed by atoms with Crippen molar-refractivity contribution in [3.8, 4) is 0 Å². The predicted octanol–water partition coefficient (Wildman–Crippen LogP) is 2.83. The van der Waals surface area contributed by atoms with Gasteiger partial charge in [0.05, 0.1) is 0 Å². The number of benzene rings is 2. The number of nitrogens with two attached hydrogens (primary N) is 1. The van der Waals surface area contributed by atoms with Gasteiger partial charge < -0.3 is 15.5 Å². The van der Waals surface area contributed by atoms with Gasteiger partial charge in [0.1, 0.15) is 11.5 Å². The zero-order valence-electron chi connectivity index (χ0n) is 19.5. The third-order valence-corrected chi connectivity index (χ3v) is 6.77. The standard InChI is InChI=1S/C26H30N6O2/c1-19-7-9-21(10-8-19)31-14-11-22-24(26(31)34)32(28-25(22)27)23(33)12-13-29-15-17-30(18-16-29)20-5-3-2-4-6-20/h2-10H,11-18H2,1H3,(H2,27,28). The fourth-order valence-corrected chi connectivity index (χ4v) is 4.77. The molecule has 0 bridgehead atoms. The van der Waals surface area contributed by atoms with E-state index in [0.717, 1.165) is 37.4 Å². The van der Waals surface area contributed by atoms with Crippen LogP contribution in [0, 0.1) is 6.92 Å². The maximum Gasteiger partial charge on any atom is 0.277 e. The summed E-state index contributed by atoms with van der Waals surface area (Å²) in [5.41, 5.74) is 10.3. The highest BCUT2D eigenvalue weighted by molar-refractivity contribution is 6.09. The maximum absolute atomic E-state index is 13.4. The third kappa shape index (κ3) is 4.28. The minimum atomic E-state index is -0.223. The van der Waals surface area contributed by atoms with Crippen molar-refractivity contribution in [2.45, 2.75) is 19.8 Å². The molecule has 0 spiro atoms. The van der Waals surface area contributed by atoms with Gasteiger partial charge in [-0.05, 0) is 37.6 Å². The molecule has 0 aliphatic carbocycles. The molecule has 34 heavy (non-hydrogen) atoms. The minimum absolute atomic E-state index is 0.197. The summed E-state index contributed by atoms with van der Waals surface area (Å²) < 4.78 is 1.24. The molecule has 0 radical (unpaired) electrons. The zero-order valence-corrected chi connectivity index (χ0v) is 19.5. The predicted molar refractivity (Wildman–Crippen MR) is 134 cm³/mol. The first-order chi connectivity index (χ1) is 16.5. The normalized spacial score (nSPS) is 16.6. The molecule has 1 fully saturated rings. The van der Waals surface area contributed by atoms with Crippen LogP contribution in [-0.4, -0.2) is 65.8 Å². The molecule has 2 aromatic carbocycles. The van der Waals surface area contributed by atoms with E-state index < -0.39 is 0 Å². The fourth-order valence-electron chi connectivity index (χ4n) is 4.77. The van der Waals surface area contributed by atoms with E-state index in [4.69, 9.17) is 5.73 Å². The second-order valence-electron chi connectivity index (χ2n) is 8.97. The largest absolute Gasteiger partial charge is 0.382 e. The third-order valence-electron chi connectivity index (χ3n) is 6.77. The molecular formula is C26H30N6O2. The summed E-state index contributed by atoms with van der Waals surface area (Å²) in [5, 5.41) is 4.27. The minimum Gasteiger partial charge on any atom is -0.382 e. The Bertz CT molecular complexity index is 1180. The zero-order chi connectivity index (χ0) is 23.7. The molecule has 0 unspecified atom stereocenters. The monoisotopic (exact) mass is 458 g/mol. The lowest BCUT2D eigenvalue weighted by Crippen LogP contribution is -2.47. The number of nitrogen functional groups attached to an aromatic ring is 1. The lowest BCUT2D eigenvalue weighted by molar-refractivity contribution is 0.0840. The SMILES string of the molecule is Cc1ccc(N2CCc3c(N)nn(C(=O)CCN4CCN(c5ccccc5)CC4)c3C2=O)cc1. The Kier molecular flexibility index (Phi) is 6.06. The molecule has 2 aliphatic heterocycles. The lowest BCUT2D eigenvalue weighted by atomic mass is 10.0. The van der Waals surface area contributed by atoms with Gasteiger partial charge in [-0.15, -0.1) is 5.10 Å². The van der Waals surface area contributed by atoms with Crippen molar-refractivity contribution in [2.24, 2.45) is 0 Å². The molecule has 2 aliphatic rings. The van der Waals surface area contributed by atoms with E-state index >= 15 is 0 Å². The van der Waals surface area contributed by atoms with Gasteiger partial charge in [-0.1, -0.05) is 35.9 Å². The Balaban J connectivity index is 1.24. The van der Waals surface area contributed by atoms with Crippen molar-refractivity contribution in [3.05, 3.63) is 71.4 Å². The Labute approximate surface area is 199 Å². The Morgan fingerprint density at radius 1 is 0.941 bits per heavy atom. The number of piperazine rings is 1. The van der Waals surface area contributed by atoms with Crippen LogP contribution in [0.25, 0.3) is 0 Å². The summed E-state index contributed by atoms with van der Waals surface area (Å²) in [7, 11) is 0. The molecule has 1 amide bonds. The van der Waals surface area contributed by atoms with Gasteiger partial charge in [0.15, 0.2) is 0 Å². The van der Waals surface area contributed by atoms with Crippen molar-refractivity contribution in [2.75, 3.05) is 54.8 Å². The number of amides is 1. The first kappa shape index (κ1) is 22.2. The smallest absolute Gasteiger partial charge is 0.277 e. The van der Waals surface area contributed by atoms with E-state index in [2.05, 4.69) is 39.2 Å². The quantitative estimate of drug-likeness (QED) is 0.633. The van der Waals surface area contributed by atoms with Crippen LogP contribution >= 0.6 is 0 Å². The van der Waals surface area contributed by atoms with E-state index in [1.54, 1.807) is 4.90 Å². The van der Waals surface area contributed by atoms with Gasteiger partial charge in [-0.3, -0.25) is 14.5 Å². The van der Waals surface area contributed by atoms with Crippen LogP contribution in [-0.2, 0) is 6.42 Å². The Morgan fingerprint density at radius 2 is 1.65 bits per heavy atom. The van der Waals surface area contributed by atoms with Gasteiger partial charge in [0.2, 0.25) is 5.91 Å². The molecule has 8 heteroatoms. The van der Waals surface area contributed by atoms with Gasteiger partial charge >= 0.3 is 0 Å². The topological polar surface area (TPSA) is 87.7 Å². The highest BCUT2D eigenvalue weighted by Gasteiger charge is 2.34. The number of aryl methyl sites for hydroxylation is 1. The second kappa shape index (κ2) is 9.30. The van der Waals surface area contributed by atoms with Crippen LogP contribution < -0.4 is 15.5 Å². The summed E-state index contributed by atoms with van der Waals surface area (Å²) >= 11 is 0. The lowest BCUT2D eigenvalue weighted by Gasteiger charge is -2.36. The molecule has 1 aromatic heterocycles. The molecule has 1 saturated heterocycles. The molecule has 176 valence electrons. The van der Waals surface area contributed by atoms with Crippen molar-refractivity contribution < 1.29 is 9.59 Å². The summed E-state index contributed by atoms with van der Waals surface area (Å²) in [4.78, 5) is 32.8. The van der Waals surface area contributed by atoms with Crippen molar-refractivity contribution in [1.29, 1.82) is 0 Å². The molecule has 2 N–H and O–H groups in total. The van der Waals surface area contributed by atoms with Crippen LogP contribution in [0.4, 0.5) is 17.2 Å². The fraction of sp³-hybridized carbons (Fsp3) is 0.346. The van der Waals surface area contributed by atoms with Crippen LogP contribution in [0.3, 0.4) is 0 Å². The Morgan fingerprint density at radius 3 is 2.35 bits per heavy atom. The first-order valence-electron chi connectivity index (χ1n) is 11.8. The summed E-state index contributed by atoms with van der Waals surface area (Å²) in [6, 6.07) is 18.2. The Hall–Kier alpha value is -3.65. The number of hydrogen-bond donors (Lipinski definition) is 1.